The van der Waals surface area contributed by atoms with Gasteiger partial charge in [-0.2, -0.15) is 0 Å². The molecule has 0 atom stereocenters. The quantitative estimate of drug-likeness (QED) is 0.782. The lowest BCUT2D eigenvalue weighted by Gasteiger charge is -2.08. The molecule has 0 aliphatic heterocycles. The average Bonchev–Trinajstić information content (AvgIpc) is 2.27. The predicted molar refractivity (Wildman–Crippen MR) is 63.3 cm³/mol. The van der Waals surface area contributed by atoms with E-state index in [0.29, 0.717) is 6.61 Å². The average molecular weight is 225 g/mol. The molecule has 1 N–H and O–H groups in total. The van der Waals surface area contributed by atoms with E-state index in [1.165, 1.54) is 0 Å². The second-order valence-corrected chi connectivity index (χ2v) is 3.73. The molecule has 15 heavy (non-hydrogen) atoms. The van der Waals surface area contributed by atoms with E-state index in [-0.39, 0.29) is 12.5 Å². The van der Waals surface area contributed by atoms with Crippen molar-refractivity contribution in [1.29, 1.82) is 0 Å². The third-order valence-corrected chi connectivity index (χ3v) is 2.61. The Labute approximate surface area is 94.2 Å². The molecule has 0 saturated carbocycles. The fraction of sp³-hybridized carbons (Fsp3) is 0.364. The molecule has 3 nitrogen and oxygen atoms in total. The third-order valence-electron chi connectivity index (χ3n) is 1.82. The highest BCUT2D eigenvalue weighted by Gasteiger charge is 2.04. The fourth-order valence-corrected chi connectivity index (χ4v) is 1.68. The first-order valence-corrected chi connectivity index (χ1v) is 6.01. The Balaban J connectivity index is 2.59. The van der Waals surface area contributed by atoms with Crippen molar-refractivity contribution in [3.8, 4) is 0 Å². The summed E-state index contributed by atoms with van der Waals surface area (Å²) in [6.45, 7) is 2.53. The zero-order chi connectivity index (χ0) is 11.1. The van der Waals surface area contributed by atoms with Gasteiger partial charge in [-0.15, -0.1) is 11.8 Å². The Morgan fingerprint density at radius 3 is 2.87 bits per heavy atom. The zero-order valence-electron chi connectivity index (χ0n) is 8.95. The van der Waals surface area contributed by atoms with Crippen LogP contribution in [0.25, 0.3) is 0 Å². The minimum absolute atomic E-state index is 0.110. The maximum absolute atomic E-state index is 11.4. The smallest absolute Gasteiger partial charge is 0.250 e. The van der Waals surface area contributed by atoms with Crippen LogP contribution in [0, 0.1) is 0 Å². The Morgan fingerprint density at radius 2 is 2.20 bits per heavy atom. The summed E-state index contributed by atoms with van der Waals surface area (Å²) < 4.78 is 5.02. The molecule has 1 aromatic rings. The predicted octanol–water partition coefficient (Wildman–Crippen LogP) is 2.38. The number of nitrogens with one attached hydrogen (secondary N) is 1. The van der Waals surface area contributed by atoms with Crippen LogP contribution in [-0.2, 0) is 9.53 Å². The Bertz CT molecular complexity index is 328. The molecular weight excluding hydrogens is 210 g/mol. The molecule has 0 aliphatic rings. The van der Waals surface area contributed by atoms with Crippen molar-refractivity contribution < 1.29 is 9.53 Å². The van der Waals surface area contributed by atoms with Crippen LogP contribution in [0.5, 0.6) is 0 Å². The first kappa shape index (κ1) is 12.1. The largest absolute Gasteiger partial charge is 0.372 e. The van der Waals surface area contributed by atoms with Crippen LogP contribution in [0.15, 0.2) is 29.2 Å². The molecule has 1 aromatic carbocycles. The van der Waals surface area contributed by atoms with Crippen LogP contribution in [-0.4, -0.2) is 25.4 Å². The number of rotatable bonds is 5. The van der Waals surface area contributed by atoms with Crippen molar-refractivity contribution in [2.24, 2.45) is 0 Å². The number of benzene rings is 1. The Hall–Kier alpha value is -1.00. The van der Waals surface area contributed by atoms with Gasteiger partial charge in [0.05, 0.1) is 5.69 Å². The molecule has 1 amide bonds. The summed E-state index contributed by atoms with van der Waals surface area (Å²) in [7, 11) is 0. The summed E-state index contributed by atoms with van der Waals surface area (Å²) in [5, 5.41) is 2.81. The summed E-state index contributed by atoms with van der Waals surface area (Å²) in [6, 6.07) is 7.71. The second-order valence-electron chi connectivity index (χ2n) is 2.89. The molecule has 4 heteroatoms. The van der Waals surface area contributed by atoms with Crippen LogP contribution in [0.1, 0.15) is 6.92 Å². The number of hydrogen-bond donors (Lipinski definition) is 1. The molecule has 0 aromatic heterocycles. The van der Waals surface area contributed by atoms with E-state index in [1.54, 1.807) is 11.8 Å². The summed E-state index contributed by atoms with van der Waals surface area (Å²) in [5.74, 6) is -0.113. The van der Waals surface area contributed by atoms with E-state index < -0.39 is 0 Å². The van der Waals surface area contributed by atoms with Gasteiger partial charge >= 0.3 is 0 Å². The monoisotopic (exact) mass is 225 g/mol. The van der Waals surface area contributed by atoms with Crippen molar-refractivity contribution in [2.45, 2.75) is 11.8 Å². The van der Waals surface area contributed by atoms with E-state index in [0.717, 1.165) is 10.6 Å². The minimum Gasteiger partial charge on any atom is -0.372 e. The molecular formula is C11H15NO2S. The Morgan fingerprint density at radius 1 is 1.47 bits per heavy atom. The third kappa shape index (κ3) is 3.93. The van der Waals surface area contributed by atoms with Crippen LogP contribution < -0.4 is 5.32 Å². The van der Waals surface area contributed by atoms with Gasteiger partial charge in [-0.3, -0.25) is 4.79 Å². The van der Waals surface area contributed by atoms with Crippen LogP contribution in [0.2, 0.25) is 0 Å². The van der Waals surface area contributed by atoms with Gasteiger partial charge in [0.1, 0.15) is 6.61 Å². The van der Waals surface area contributed by atoms with E-state index in [9.17, 15) is 4.79 Å². The van der Waals surface area contributed by atoms with Crippen LogP contribution in [0.4, 0.5) is 5.69 Å². The Kier molecular flexibility index (Phi) is 5.21. The van der Waals surface area contributed by atoms with Gasteiger partial charge < -0.3 is 10.1 Å². The number of anilines is 1. The topological polar surface area (TPSA) is 38.3 Å². The highest BCUT2D eigenvalue weighted by molar-refractivity contribution is 7.98. The second kappa shape index (κ2) is 6.48. The number of carbonyl (C=O) groups excluding carboxylic acids is 1. The lowest BCUT2D eigenvalue weighted by Crippen LogP contribution is -2.18. The van der Waals surface area contributed by atoms with Crippen molar-refractivity contribution in [3.05, 3.63) is 24.3 Å². The number of hydrogen-bond acceptors (Lipinski definition) is 3. The zero-order valence-corrected chi connectivity index (χ0v) is 9.76. The van der Waals surface area contributed by atoms with Crippen molar-refractivity contribution >= 4 is 23.4 Å². The number of carbonyl (C=O) groups is 1. The number of thioether (sulfide) groups is 1. The summed E-state index contributed by atoms with van der Waals surface area (Å²) in [6.07, 6.45) is 1.98. The fourth-order valence-electron chi connectivity index (χ4n) is 1.13. The molecule has 0 bridgehead atoms. The molecule has 0 heterocycles. The van der Waals surface area contributed by atoms with Gasteiger partial charge in [-0.05, 0) is 25.3 Å². The normalized spacial score (nSPS) is 10.0. The van der Waals surface area contributed by atoms with E-state index in [1.807, 2.05) is 37.4 Å². The molecule has 0 saturated heterocycles. The van der Waals surface area contributed by atoms with Crippen molar-refractivity contribution in [3.63, 3.8) is 0 Å². The van der Waals surface area contributed by atoms with Gasteiger partial charge in [-0.25, -0.2) is 0 Å². The highest BCUT2D eigenvalue weighted by Crippen LogP contribution is 2.24. The van der Waals surface area contributed by atoms with Crippen LogP contribution >= 0.6 is 11.8 Å². The molecule has 0 fully saturated rings. The van der Waals surface area contributed by atoms with Gasteiger partial charge in [0.15, 0.2) is 0 Å². The number of para-hydroxylation sites is 1. The first-order chi connectivity index (χ1) is 7.27. The number of amides is 1. The minimum atomic E-state index is -0.113. The van der Waals surface area contributed by atoms with E-state index in [2.05, 4.69) is 5.32 Å². The number of ether oxygens (including phenoxy) is 1. The van der Waals surface area contributed by atoms with Gasteiger partial charge in [0.25, 0.3) is 0 Å². The maximum atomic E-state index is 11.4. The van der Waals surface area contributed by atoms with E-state index in [4.69, 9.17) is 4.74 Å². The molecule has 0 unspecified atom stereocenters. The van der Waals surface area contributed by atoms with Gasteiger partial charge in [-0.1, -0.05) is 12.1 Å². The molecule has 82 valence electrons. The molecule has 0 radical (unpaired) electrons. The summed E-state index contributed by atoms with van der Waals surface area (Å²) in [5.41, 5.74) is 0.842. The standard InChI is InChI=1S/C11H15NO2S/c1-3-14-8-11(13)12-9-6-4-5-7-10(9)15-2/h4-7H,3,8H2,1-2H3,(H,12,13). The lowest BCUT2D eigenvalue weighted by atomic mass is 10.3. The lowest BCUT2D eigenvalue weighted by molar-refractivity contribution is -0.120. The van der Waals surface area contributed by atoms with Crippen molar-refractivity contribution in [1.82, 2.24) is 0 Å². The highest BCUT2D eigenvalue weighted by atomic mass is 32.2. The van der Waals surface area contributed by atoms with Crippen LogP contribution in [0.3, 0.4) is 0 Å². The SMILES string of the molecule is CCOCC(=O)Nc1ccccc1SC. The van der Waals surface area contributed by atoms with Gasteiger partial charge in [0.2, 0.25) is 5.91 Å². The molecule has 0 aliphatic carbocycles. The molecule has 1 rings (SSSR count). The van der Waals surface area contributed by atoms with Crippen molar-refractivity contribution in [2.75, 3.05) is 24.8 Å². The van der Waals surface area contributed by atoms with Gasteiger partial charge in [0, 0.05) is 11.5 Å². The first-order valence-electron chi connectivity index (χ1n) is 4.78. The molecule has 0 spiro atoms. The summed E-state index contributed by atoms with van der Waals surface area (Å²) >= 11 is 1.61. The van der Waals surface area contributed by atoms with E-state index >= 15 is 0 Å². The maximum Gasteiger partial charge on any atom is 0.250 e. The summed E-state index contributed by atoms with van der Waals surface area (Å²) in [4.78, 5) is 12.5.